The highest BCUT2D eigenvalue weighted by Crippen LogP contribution is 2.35. The van der Waals surface area contributed by atoms with Gasteiger partial charge in [0.05, 0.1) is 0 Å². The third-order valence-electron chi connectivity index (χ3n) is 4.73. The summed E-state index contributed by atoms with van der Waals surface area (Å²) in [6.45, 7) is 1.00. The summed E-state index contributed by atoms with van der Waals surface area (Å²) < 4.78 is 10.8. The third kappa shape index (κ3) is 3.63. The fourth-order valence-corrected chi connectivity index (χ4v) is 3.22. The minimum Gasteiger partial charge on any atom is -0.454 e. The Morgan fingerprint density at radius 3 is 2.57 bits per heavy atom. The average molecular weight is 376 g/mol. The second kappa shape index (κ2) is 7.62. The minimum absolute atomic E-state index is 0.267. The number of fused-ring (bicyclic) bond motifs is 1. The van der Waals surface area contributed by atoms with Crippen molar-refractivity contribution in [2.75, 3.05) is 18.7 Å². The lowest BCUT2D eigenvalue weighted by Gasteiger charge is -2.20. The summed E-state index contributed by atoms with van der Waals surface area (Å²) in [5.74, 6) is 1.02. The van der Waals surface area contributed by atoms with Gasteiger partial charge in [-0.3, -0.25) is 10.0 Å². The number of anilines is 1. The van der Waals surface area contributed by atoms with Crippen molar-refractivity contribution >= 4 is 11.6 Å². The lowest BCUT2D eigenvalue weighted by Crippen LogP contribution is -2.18. The van der Waals surface area contributed by atoms with Gasteiger partial charge in [-0.05, 0) is 47.0 Å². The van der Waals surface area contributed by atoms with E-state index in [-0.39, 0.29) is 6.79 Å². The first-order valence-electron chi connectivity index (χ1n) is 8.88. The lowest BCUT2D eigenvalue weighted by atomic mass is 10.0. The Morgan fingerprint density at radius 2 is 1.79 bits per heavy atom. The van der Waals surface area contributed by atoms with Crippen molar-refractivity contribution in [3.05, 3.63) is 77.9 Å². The lowest BCUT2D eigenvalue weighted by molar-refractivity contribution is 0.0706. The molecule has 6 nitrogen and oxygen atoms in total. The van der Waals surface area contributed by atoms with E-state index in [1.807, 2.05) is 49.5 Å². The number of hydrogen-bond donors (Lipinski definition) is 2. The molecule has 1 aliphatic rings. The predicted octanol–water partition coefficient (Wildman–Crippen LogP) is 3.84. The zero-order chi connectivity index (χ0) is 19.5. The molecular weight excluding hydrogens is 356 g/mol. The van der Waals surface area contributed by atoms with E-state index in [0.717, 1.165) is 40.4 Å². The summed E-state index contributed by atoms with van der Waals surface area (Å²) in [7, 11) is 2.03. The Bertz CT molecular complexity index is 1000. The number of benzene rings is 3. The molecule has 1 heterocycles. The van der Waals surface area contributed by atoms with E-state index in [2.05, 4.69) is 17.0 Å². The van der Waals surface area contributed by atoms with Crippen molar-refractivity contribution in [3.8, 4) is 22.6 Å². The number of carbonyl (C=O) groups is 1. The van der Waals surface area contributed by atoms with E-state index >= 15 is 0 Å². The van der Waals surface area contributed by atoms with Gasteiger partial charge in [-0.1, -0.05) is 30.3 Å². The van der Waals surface area contributed by atoms with Gasteiger partial charge in [0.25, 0.3) is 5.91 Å². The van der Waals surface area contributed by atoms with Gasteiger partial charge in [-0.25, -0.2) is 5.48 Å². The Morgan fingerprint density at radius 1 is 1.00 bits per heavy atom. The molecule has 3 aromatic rings. The number of hydroxylamine groups is 1. The number of nitrogens with zero attached hydrogens (tertiary/aromatic N) is 1. The molecule has 6 heteroatoms. The second-order valence-electron chi connectivity index (χ2n) is 6.61. The van der Waals surface area contributed by atoms with E-state index in [4.69, 9.17) is 14.7 Å². The second-order valence-corrected chi connectivity index (χ2v) is 6.61. The highest BCUT2D eigenvalue weighted by Gasteiger charge is 2.15. The maximum absolute atomic E-state index is 11.5. The molecule has 0 aliphatic carbocycles. The number of rotatable bonds is 5. The van der Waals surface area contributed by atoms with Crippen LogP contribution < -0.4 is 19.9 Å². The Balaban J connectivity index is 1.51. The van der Waals surface area contributed by atoms with Crippen LogP contribution in [0.15, 0.2) is 66.7 Å². The van der Waals surface area contributed by atoms with Crippen molar-refractivity contribution in [1.82, 2.24) is 5.48 Å². The zero-order valence-corrected chi connectivity index (χ0v) is 15.4. The number of hydrogen-bond acceptors (Lipinski definition) is 5. The van der Waals surface area contributed by atoms with Crippen LogP contribution in [0, 0.1) is 0 Å². The molecule has 0 atom stereocenters. The fourth-order valence-electron chi connectivity index (χ4n) is 3.22. The minimum atomic E-state index is -0.523. The van der Waals surface area contributed by atoms with E-state index in [9.17, 15) is 4.79 Å². The van der Waals surface area contributed by atoms with Gasteiger partial charge >= 0.3 is 0 Å². The smallest absolute Gasteiger partial charge is 0.274 e. The standard InChI is InChI=1S/C22H20N2O4/c1-24(19-9-10-20-21(12-19)28-14-27-20)13-15-3-2-4-18(11-15)16-5-7-17(8-6-16)22(25)23-26/h2-12,26H,13-14H2,1H3,(H,23,25). The number of nitrogens with one attached hydrogen (secondary N) is 1. The maximum Gasteiger partial charge on any atom is 0.274 e. The van der Waals surface area contributed by atoms with E-state index in [1.165, 1.54) is 0 Å². The van der Waals surface area contributed by atoms with Crippen molar-refractivity contribution < 1.29 is 19.5 Å². The zero-order valence-electron chi connectivity index (χ0n) is 15.4. The molecule has 1 aliphatic heterocycles. The number of amides is 1. The van der Waals surface area contributed by atoms with Crippen molar-refractivity contribution in [1.29, 1.82) is 0 Å². The van der Waals surface area contributed by atoms with Gasteiger partial charge < -0.3 is 14.4 Å². The van der Waals surface area contributed by atoms with E-state index in [1.54, 1.807) is 17.6 Å². The largest absolute Gasteiger partial charge is 0.454 e. The summed E-state index contributed by atoms with van der Waals surface area (Å²) in [5.41, 5.74) is 6.32. The van der Waals surface area contributed by atoms with Crippen LogP contribution in [0.2, 0.25) is 0 Å². The normalized spacial score (nSPS) is 11.9. The van der Waals surface area contributed by atoms with Crippen molar-refractivity contribution in [3.63, 3.8) is 0 Å². The molecular formula is C22H20N2O4. The quantitative estimate of drug-likeness (QED) is 0.523. The van der Waals surface area contributed by atoms with Gasteiger partial charge in [0.15, 0.2) is 11.5 Å². The van der Waals surface area contributed by atoms with Crippen LogP contribution in [0.5, 0.6) is 11.5 Å². The molecule has 0 saturated heterocycles. The summed E-state index contributed by atoms with van der Waals surface area (Å²) in [5, 5.41) is 8.72. The van der Waals surface area contributed by atoms with Crippen LogP contribution in [0.3, 0.4) is 0 Å². The molecule has 0 unspecified atom stereocenters. The Kier molecular flexibility index (Phi) is 4.87. The van der Waals surface area contributed by atoms with Gasteiger partial charge in [0.1, 0.15) is 0 Å². The molecule has 0 radical (unpaired) electrons. The van der Waals surface area contributed by atoms with Gasteiger partial charge in [-0.15, -0.1) is 0 Å². The van der Waals surface area contributed by atoms with Crippen LogP contribution in [-0.2, 0) is 6.54 Å². The highest BCUT2D eigenvalue weighted by molar-refractivity contribution is 5.93. The first kappa shape index (κ1) is 17.9. The summed E-state index contributed by atoms with van der Waals surface area (Å²) in [6.07, 6.45) is 0. The number of carbonyl (C=O) groups excluding carboxylic acids is 1. The SMILES string of the molecule is CN(Cc1cccc(-c2ccc(C(=O)NO)cc2)c1)c1ccc2c(c1)OCO2. The molecule has 28 heavy (non-hydrogen) atoms. The van der Waals surface area contributed by atoms with Gasteiger partial charge in [0.2, 0.25) is 6.79 Å². The summed E-state index contributed by atoms with van der Waals surface area (Å²) in [6, 6.07) is 21.3. The van der Waals surface area contributed by atoms with Crippen LogP contribution in [0.1, 0.15) is 15.9 Å². The van der Waals surface area contributed by atoms with Crippen LogP contribution in [0.4, 0.5) is 5.69 Å². The number of ether oxygens (including phenoxy) is 2. The van der Waals surface area contributed by atoms with Crippen LogP contribution >= 0.6 is 0 Å². The first-order valence-corrected chi connectivity index (χ1v) is 8.88. The molecule has 0 spiro atoms. The first-order chi connectivity index (χ1) is 13.6. The van der Waals surface area contributed by atoms with Gasteiger partial charge in [0, 0.05) is 30.9 Å². The average Bonchev–Trinajstić information content (AvgIpc) is 3.21. The molecule has 0 saturated carbocycles. The van der Waals surface area contributed by atoms with Crippen LogP contribution in [-0.4, -0.2) is 25.0 Å². The monoisotopic (exact) mass is 376 g/mol. The van der Waals surface area contributed by atoms with Gasteiger partial charge in [-0.2, -0.15) is 0 Å². The van der Waals surface area contributed by atoms with E-state index in [0.29, 0.717) is 5.56 Å². The molecule has 2 N–H and O–H groups in total. The van der Waals surface area contributed by atoms with Crippen molar-refractivity contribution in [2.45, 2.75) is 6.54 Å². The molecule has 0 aromatic heterocycles. The predicted molar refractivity (Wildman–Crippen MR) is 106 cm³/mol. The molecule has 3 aromatic carbocycles. The molecule has 0 bridgehead atoms. The topological polar surface area (TPSA) is 71.0 Å². The van der Waals surface area contributed by atoms with Crippen molar-refractivity contribution in [2.24, 2.45) is 0 Å². The molecule has 142 valence electrons. The molecule has 0 fully saturated rings. The Labute approximate surface area is 162 Å². The third-order valence-corrected chi connectivity index (χ3v) is 4.73. The molecule has 4 rings (SSSR count). The maximum atomic E-state index is 11.5. The van der Waals surface area contributed by atoms with E-state index < -0.39 is 5.91 Å². The highest BCUT2D eigenvalue weighted by atomic mass is 16.7. The molecule has 1 amide bonds. The fraction of sp³-hybridized carbons (Fsp3) is 0.136. The Hall–Kier alpha value is -3.51. The van der Waals surface area contributed by atoms with Crippen LogP contribution in [0.25, 0.3) is 11.1 Å². The summed E-state index contributed by atoms with van der Waals surface area (Å²) in [4.78, 5) is 13.6. The summed E-state index contributed by atoms with van der Waals surface area (Å²) >= 11 is 0.